The lowest BCUT2D eigenvalue weighted by molar-refractivity contribution is -0.148. The van der Waals surface area contributed by atoms with Gasteiger partial charge in [0.15, 0.2) is 5.65 Å². The van der Waals surface area contributed by atoms with E-state index in [1.807, 2.05) is 30.3 Å². The fraction of sp³-hybridized carbons (Fsp3) is 0.235. The van der Waals surface area contributed by atoms with Crippen molar-refractivity contribution in [2.24, 2.45) is 5.92 Å². The predicted octanol–water partition coefficient (Wildman–Crippen LogP) is 0.942. The van der Waals surface area contributed by atoms with Gasteiger partial charge >= 0.3 is 11.9 Å². The van der Waals surface area contributed by atoms with Crippen LogP contribution < -0.4 is 0 Å². The summed E-state index contributed by atoms with van der Waals surface area (Å²) < 4.78 is 3.01. The molecule has 1 aromatic carbocycles. The maximum atomic E-state index is 11.5. The number of fused-ring (bicyclic) bond motifs is 3. The molecule has 142 valence electrons. The van der Waals surface area contributed by atoms with Crippen LogP contribution in [0.25, 0.3) is 22.7 Å². The van der Waals surface area contributed by atoms with Crippen molar-refractivity contribution in [1.29, 1.82) is 0 Å². The number of aryl methyl sites for hydroxylation is 1. The lowest BCUT2D eigenvalue weighted by Crippen LogP contribution is -2.19. The van der Waals surface area contributed by atoms with Crippen LogP contribution in [0.1, 0.15) is 18.4 Å². The monoisotopic (exact) mass is 381 g/mol. The van der Waals surface area contributed by atoms with Gasteiger partial charge in [-0.2, -0.15) is 14.1 Å². The third-order valence-corrected chi connectivity index (χ3v) is 4.52. The van der Waals surface area contributed by atoms with E-state index >= 15 is 0 Å². The van der Waals surface area contributed by atoms with Gasteiger partial charge in [-0.05, 0) is 23.3 Å². The van der Waals surface area contributed by atoms with E-state index in [1.165, 1.54) is 15.4 Å². The highest BCUT2D eigenvalue weighted by atomic mass is 16.4. The minimum absolute atomic E-state index is 0.123. The molecule has 4 aromatic rings. The van der Waals surface area contributed by atoms with Gasteiger partial charge in [0.2, 0.25) is 0 Å². The molecule has 0 saturated heterocycles. The topological polar surface area (TPSA) is 148 Å². The minimum atomic E-state index is -1.15. The zero-order chi connectivity index (χ0) is 19.7. The van der Waals surface area contributed by atoms with Crippen molar-refractivity contribution in [3.05, 3.63) is 42.2 Å². The molecule has 0 spiro atoms. The summed E-state index contributed by atoms with van der Waals surface area (Å²) in [5.74, 6) is -2.95. The Balaban J connectivity index is 1.87. The number of tetrazole rings is 1. The van der Waals surface area contributed by atoms with Crippen LogP contribution in [0.3, 0.4) is 0 Å². The molecule has 2 N–H and O–H groups in total. The number of aliphatic carboxylic acids is 2. The fourth-order valence-electron chi connectivity index (χ4n) is 3.25. The van der Waals surface area contributed by atoms with E-state index in [0.717, 1.165) is 5.56 Å². The lowest BCUT2D eigenvalue weighted by Gasteiger charge is -2.14. The molecular weight excluding hydrogens is 366 g/mol. The van der Waals surface area contributed by atoms with Crippen molar-refractivity contribution in [1.82, 2.24) is 34.6 Å². The first-order chi connectivity index (χ1) is 13.6. The fourth-order valence-corrected chi connectivity index (χ4v) is 3.25. The third-order valence-electron chi connectivity index (χ3n) is 4.52. The molecule has 0 fully saturated rings. The summed E-state index contributed by atoms with van der Waals surface area (Å²) in [5, 5.41) is 34.3. The Morgan fingerprint density at radius 1 is 1.11 bits per heavy atom. The molecule has 4 rings (SSSR count). The third kappa shape index (κ3) is 3.02. The van der Waals surface area contributed by atoms with Crippen LogP contribution >= 0.6 is 0 Å². The van der Waals surface area contributed by atoms with Gasteiger partial charge in [0, 0.05) is 11.1 Å². The molecule has 0 saturated carbocycles. The second-order valence-electron chi connectivity index (χ2n) is 6.25. The van der Waals surface area contributed by atoms with Gasteiger partial charge in [0.25, 0.3) is 5.78 Å². The Kier molecular flexibility index (Phi) is 4.39. The largest absolute Gasteiger partial charge is 0.481 e. The van der Waals surface area contributed by atoms with Crippen molar-refractivity contribution >= 4 is 23.4 Å². The summed E-state index contributed by atoms with van der Waals surface area (Å²) in [4.78, 5) is 26.8. The van der Waals surface area contributed by atoms with Crippen molar-refractivity contribution in [3.8, 4) is 11.3 Å². The molecule has 0 aliphatic rings. The number of carboxylic acids is 2. The van der Waals surface area contributed by atoms with Gasteiger partial charge in [0.05, 0.1) is 18.0 Å². The quantitative estimate of drug-likeness (QED) is 0.477. The molecule has 28 heavy (non-hydrogen) atoms. The molecular formula is C17H15N7O4. The van der Waals surface area contributed by atoms with Gasteiger partial charge < -0.3 is 10.2 Å². The Morgan fingerprint density at radius 2 is 1.89 bits per heavy atom. The summed E-state index contributed by atoms with van der Waals surface area (Å²) in [6.45, 7) is 0. The molecule has 0 radical (unpaired) electrons. The zero-order valence-electron chi connectivity index (χ0n) is 14.5. The first kappa shape index (κ1) is 17.5. The Labute approximate surface area is 157 Å². The highest BCUT2D eigenvalue weighted by Crippen LogP contribution is 2.29. The van der Waals surface area contributed by atoms with E-state index in [9.17, 15) is 14.7 Å². The highest BCUT2D eigenvalue weighted by Gasteiger charge is 2.25. The van der Waals surface area contributed by atoms with Crippen molar-refractivity contribution in [3.63, 3.8) is 0 Å². The molecule has 3 aromatic heterocycles. The molecule has 0 amide bonds. The molecule has 0 aliphatic heterocycles. The summed E-state index contributed by atoms with van der Waals surface area (Å²) >= 11 is 0. The SMILES string of the molecule is O=C(O)CC(CCc1c(-c2ccccc2)n2nnnc2n2ncnc12)C(=O)O. The van der Waals surface area contributed by atoms with Crippen LogP contribution in [0.15, 0.2) is 36.7 Å². The standard InChI is InChI=1S/C17H15N7O4/c25-13(26)8-11(16(27)28)6-7-12-14(10-4-2-1-3-5-10)23-17(20-21-22-23)24-15(12)18-9-19-24/h1-5,9,11H,6-8H2,(H,25,26)(H,27,28). The summed E-state index contributed by atoms with van der Waals surface area (Å²) in [7, 11) is 0. The average molecular weight is 381 g/mol. The zero-order valence-corrected chi connectivity index (χ0v) is 14.5. The van der Waals surface area contributed by atoms with E-state index in [1.54, 1.807) is 0 Å². The number of nitrogens with zero attached hydrogens (tertiary/aromatic N) is 7. The van der Waals surface area contributed by atoms with Gasteiger partial charge in [-0.25, -0.2) is 4.98 Å². The number of hydrogen-bond acceptors (Lipinski definition) is 7. The van der Waals surface area contributed by atoms with Crippen molar-refractivity contribution < 1.29 is 19.8 Å². The Morgan fingerprint density at radius 3 is 2.61 bits per heavy atom. The van der Waals surface area contributed by atoms with Crippen LogP contribution in [-0.2, 0) is 16.0 Å². The predicted molar refractivity (Wildman–Crippen MR) is 94.5 cm³/mol. The maximum Gasteiger partial charge on any atom is 0.307 e. The second-order valence-corrected chi connectivity index (χ2v) is 6.25. The van der Waals surface area contributed by atoms with E-state index in [0.29, 0.717) is 22.7 Å². The van der Waals surface area contributed by atoms with Gasteiger partial charge in [-0.15, -0.1) is 0 Å². The lowest BCUT2D eigenvalue weighted by atomic mass is 9.94. The summed E-state index contributed by atoms with van der Waals surface area (Å²) in [5.41, 5.74) is 2.69. The summed E-state index contributed by atoms with van der Waals surface area (Å²) in [6.07, 6.45) is 1.31. The first-order valence-corrected chi connectivity index (χ1v) is 8.49. The van der Waals surface area contributed by atoms with Gasteiger partial charge in [-0.3, -0.25) is 9.59 Å². The minimum Gasteiger partial charge on any atom is -0.481 e. The highest BCUT2D eigenvalue weighted by molar-refractivity contribution is 5.78. The van der Waals surface area contributed by atoms with Gasteiger partial charge in [0.1, 0.15) is 6.33 Å². The van der Waals surface area contributed by atoms with Crippen LogP contribution in [0.2, 0.25) is 0 Å². The van der Waals surface area contributed by atoms with E-state index in [-0.39, 0.29) is 12.8 Å². The molecule has 3 heterocycles. The number of benzene rings is 1. The number of carbonyl (C=O) groups is 2. The average Bonchev–Trinajstić information content (AvgIpc) is 3.33. The molecule has 0 aliphatic carbocycles. The van der Waals surface area contributed by atoms with Crippen molar-refractivity contribution in [2.75, 3.05) is 0 Å². The second kappa shape index (κ2) is 7.02. The summed E-state index contributed by atoms with van der Waals surface area (Å²) in [6, 6.07) is 9.39. The number of aromatic nitrogens is 7. The number of rotatable bonds is 7. The molecule has 11 nitrogen and oxygen atoms in total. The van der Waals surface area contributed by atoms with E-state index < -0.39 is 24.3 Å². The Bertz CT molecular complexity index is 1170. The van der Waals surface area contributed by atoms with Crippen molar-refractivity contribution in [2.45, 2.75) is 19.3 Å². The van der Waals surface area contributed by atoms with E-state index in [2.05, 4.69) is 25.6 Å². The van der Waals surface area contributed by atoms with Crippen LogP contribution in [-0.4, -0.2) is 56.8 Å². The molecule has 0 bridgehead atoms. The smallest absolute Gasteiger partial charge is 0.307 e. The Hall–Kier alpha value is -3.89. The molecule has 1 unspecified atom stereocenters. The van der Waals surface area contributed by atoms with Crippen LogP contribution in [0.5, 0.6) is 0 Å². The van der Waals surface area contributed by atoms with E-state index in [4.69, 9.17) is 5.11 Å². The van der Waals surface area contributed by atoms with Crippen LogP contribution in [0, 0.1) is 5.92 Å². The molecule has 1 atom stereocenters. The molecule has 11 heteroatoms. The first-order valence-electron chi connectivity index (χ1n) is 8.49. The van der Waals surface area contributed by atoms with Crippen LogP contribution in [0.4, 0.5) is 0 Å². The van der Waals surface area contributed by atoms with Gasteiger partial charge in [-0.1, -0.05) is 35.4 Å². The number of carboxylic acid groups (broad SMARTS) is 2. The normalized spacial score (nSPS) is 12.4. The maximum absolute atomic E-state index is 11.5. The number of hydrogen-bond donors (Lipinski definition) is 2.